The first kappa shape index (κ1) is 52.6. The third-order valence-electron chi connectivity index (χ3n) is 21.6. The second-order valence-electron chi connectivity index (χ2n) is 27.1. The molecule has 16 saturated heterocycles. The van der Waals surface area contributed by atoms with Gasteiger partial charge in [0.1, 0.15) is 36.6 Å². The van der Waals surface area contributed by atoms with Gasteiger partial charge >= 0.3 is 11.9 Å². The van der Waals surface area contributed by atoms with Gasteiger partial charge in [0.25, 0.3) is 0 Å². The minimum atomic E-state index is -1.00. The van der Waals surface area contributed by atoms with Crippen molar-refractivity contribution in [2.45, 2.75) is 307 Å². The summed E-state index contributed by atoms with van der Waals surface area (Å²) in [6.07, 6.45) is 1.76. The summed E-state index contributed by atoms with van der Waals surface area (Å²) in [4.78, 5) is 26.1. The normalized spacial score (nSPS) is 58.0. The highest BCUT2D eigenvalue weighted by Crippen LogP contribution is 2.58. The van der Waals surface area contributed by atoms with Crippen LogP contribution in [0, 0.1) is 23.7 Å². The summed E-state index contributed by atoms with van der Waals surface area (Å²) < 4.78 is 103. The number of fused-ring (bicyclic) bond motifs is 10. The highest BCUT2D eigenvalue weighted by molar-refractivity contribution is 5.70. The fourth-order valence-electron chi connectivity index (χ4n) is 18.0. The van der Waals surface area contributed by atoms with Crippen LogP contribution in [0.4, 0.5) is 0 Å². The SMILES string of the molecule is C=C1C[C@@H]2CC[C@@]34C[C@H]5O[C@H]6[C@@H](O3)[C@H]3O[C@H](CC[C@@H]3O[C@H]6[C@H]5O4)CC(=O)O[C@@H]3[C@@H](C)[C@@H]4O[C@@H]5C[C@]6(CC7O[C@@]8(C[C@H](C)C7O6)C[C@H](C)[C@@H]6O[C@H](CC(=O)O)[C@H](O)C[C@@H]6O8)O[C@@H]5CC4O[C@H]3C[C@H]3O[C@@H](CC[C@@H]1O2)C[C@@H](C)C3=C. The number of carboxylic acids is 1. The molecule has 3 unspecified atom stereocenters. The molecule has 0 radical (unpaired) electrons. The maximum Gasteiger partial charge on any atom is 0.308 e. The van der Waals surface area contributed by atoms with Crippen LogP contribution in [-0.2, 0) is 80.6 Å². The molecule has 19 nitrogen and oxygen atoms in total. The number of ether oxygens (including phenoxy) is 15. The van der Waals surface area contributed by atoms with Gasteiger partial charge in [0, 0.05) is 63.7 Å². The van der Waals surface area contributed by atoms with Crippen molar-refractivity contribution in [1.82, 2.24) is 0 Å². The lowest BCUT2D eigenvalue weighted by Gasteiger charge is -2.54. The van der Waals surface area contributed by atoms with Gasteiger partial charge in [-0.3, -0.25) is 9.59 Å². The van der Waals surface area contributed by atoms with Crippen molar-refractivity contribution in [1.29, 1.82) is 0 Å². The summed E-state index contributed by atoms with van der Waals surface area (Å²) in [6.45, 7) is 17.7. The van der Waals surface area contributed by atoms with Crippen LogP contribution in [-0.4, -0.2) is 186 Å². The Bertz CT molecular complexity index is 2370. The third kappa shape index (κ3) is 8.98. The van der Waals surface area contributed by atoms with E-state index in [1.54, 1.807) is 0 Å². The first-order valence-electron chi connectivity index (χ1n) is 30.2. The number of carbonyl (C=O) groups excluding carboxylic acids is 1. The molecule has 16 aliphatic rings. The van der Waals surface area contributed by atoms with Gasteiger partial charge in [-0.1, -0.05) is 40.9 Å². The molecule has 0 amide bonds. The van der Waals surface area contributed by atoms with Crippen LogP contribution in [0.15, 0.2) is 24.3 Å². The third-order valence-corrected chi connectivity index (χ3v) is 21.6. The zero-order chi connectivity index (χ0) is 53.3. The summed E-state index contributed by atoms with van der Waals surface area (Å²) in [5, 5.41) is 20.4. The van der Waals surface area contributed by atoms with Crippen LogP contribution >= 0.6 is 0 Å². The Morgan fingerprint density at radius 2 is 1.18 bits per heavy atom. The largest absolute Gasteiger partial charge is 0.481 e. The molecule has 12 bridgehead atoms. The van der Waals surface area contributed by atoms with Crippen LogP contribution in [0.3, 0.4) is 0 Å². The van der Waals surface area contributed by atoms with E-state index in [-0.39, 0.29) is 147 Å². The average Bonchev–Trinajstić information content (AvgIpc) is 4.05. The van der Waals surface area contributed by atoms with E-state index in [0.29, 0.717) is 64.2 Å². The molecule has 0 aromatic carbocycles. The lowest BCUT2D eigenvalue weighted by atomic mass is 9.78. The minimum Gasteiger partial charge on any atom is -0.481 e. The molecular weight excluding hydrogens is 1010 g/mol. The second kappa shape index (κ2) is 19.4. The molecule has 19 heteroatoms. The lowest BCUT2D eigenvalue weighted by molar-refractivity contribution is -0.371. The summed E-state index contributed by atoms with van der Waals surface area (Å²) in [5.41, 5.74) is 2.14. The number of carbonyl (C=O) groups is 2. The molecule has 31 atom stereocenters. The van der Waals surface area contributed by atoms with E-state index in [1.165, 1.54) is 0 Å². The van der Waals surface area contributed by atoms with Gasteiger partial charge < -0.3 is 81.3 Å². The number of aliphatic hydroxyl groups excluding tert-OH is 1. The number of esters is 1. The Kier molecular flexibility index (Phi) is 13.1. The van der Waals surface area contributed by atoms with Crippen molar-refractivity contribution >= 4 is 11.9 Å². The van der Waals surface area contributed by atoms with E-state index in [2.05, 4.69) is 40.9 Å². The predicted octanol–water partition coefficient (Wildman–Crippen LogP) is 5.66. The van der Waals surface area contributed by atoms with Crippen molar-refractivity contribution in [2.75, 3.05) is 0 Å². The fourth-order valence-corrected chi connectivity index (χ4v) is 18.0. The molecule has 0 aliphatic carbocycles. The molecule has 0 saturated carbocycles. The van der Waals surface area contributed by atoms with Crippen LogP contribution in [0.25, 0.3) is 0 Å². The van der Waals surface area contributed by atoms with E-state index >= 15 is 0 Å². The van der Waals surface area contributed by atoms with Gasteiger partial charge in [-0.05, 0) is 73.8 Å². The van der Waals surface area contributed by atoms with Crippen LogP contribution < -0.4 is 0 Å². The molecular formula is C59H82O19. The molecule has 16 rings (SSSR count). The first-order chi connectivity index (χ1) is 37.4. The average molecular weight is 1100 g/mol. The molecule has 432 valence electrons. The monoisotopic (exact) mass is 1090 g/mol. The number of hydrogen-bond acceptors (Lipinski definition) is 18. The number of carboxylic acid groups (broad SMARTS) is 1. The van der Waals surface area contributed by atoms with Gasteiger partial charge in [0.05, 0.1) is 123 Å². The first-order valence-corrected chi connectivity index (χ1v) is 30.2. The molecule has 16 heterocycles. The van der Waals surface area contributed by atoms with E-state index in [1.807, 2.05) is 0 Å². The van der Waals surface area contributed by atoms with Crippen molar-refractivity contribution in [3.8, 4) is 0 Å². The Balaban J connectivity index is 0.661. The topological polar surface area (TPSA) is 213 Å². The van der Waals surface area contributed by atoms with Crippen molar-refractivity contribution in [3.05, 3.63) is 24.3 Å². The standard InChI is InChI=1S/C59H82O19/c1-25-13-31-7-9-35-26(2)14-33(64-35)11-12-57-23-44-53(77-57)54-55(71-44)56(78-57)52-36(68-54)10-8-32(66-52)15-47(63)72-51-30(6)50-41(67-40(51)17-37(65-31)29(25)5)18-39-43(70-50)22-59(73-39)24-45-49(76-59)28(4)21-58(75-45)20-27(3)48-42(74-58)16-34(60)38(69-48)19-46(61)62/h25,27-28,30-45,48-56,60H,2,5,7-24H2,1,3-4,6H3,(H,61,62)/t25-,27+,28+,30+,31+,32-,33+,34-,35+,36+,37-,38-,39-,40+,41?,42+,43-,44-,45?,48+,49?,50+,51-,52+,53+,54+,55-,56+,57+,58-,59+/m1/s1. The van der Waals surface area contributed by atoms with Crippen LogP contribution in [0.1, 0.15) is 143 Å². The molecule has 3 spiro atoms. The Hall–Kier alpha value is -2.18. The maximum atomic E-state index is 14.6. The van der Waals surface area contributed by atoms with Gasteiger partial charge in [-0.2, -0.15) is 0 Å². The van der Waals surface area contributed by atoms with Gasteiger partial charge in [0.15, 0.2) is 17.4 Å². The number of rotatable bonds is 2. The number of aliphatic hydroxyl groups is 1. The Morgan fingerprint density at radius 3 is 2.03 bits per heavy atom. The summed E-state index contributed by atoms with van der Waals surface area (Å²) >= 11 is 0. The van der Waals surface area contributed by atoms with Crippen molar-refractivity contribution in [2.24, 2.45) is 23.7 Å². The van der Waals surface area contributed by atoms with E-state index in [9.17, 15) is 19.8 Å². The van der Waals surface area contributed by atoms with Gasteiger partial charge in [-0.25, -0.2) is 0 Å². The van der Waals surface area contributed by atoms with Gasteiger partial charge in [-0.15, -0.1) is 0 Å². The molecule has 0 aromatic heterocycles. The predicted molar refractivity (Wildman–Crippen MR) is 268 cm³/mol. The Morgan fingerprint density at radius 1 is 0.513 bits per heavy atom. The maximum absolute atomic E-state index is 14.6. The van der Waals surface area contributed by atoms with E-state index < -0.39 is 72.2 Å². The highest BCUT2D eigenvalue weighted by Gasteiger charge is 2.70. The summed E-state index contributed by atoms with van der Waals surface area (Å²) in [5.74, 6) is -3.99. The van der Waals surface area contributed by atoms with E-state index in [4.69, 9.17) is 71.1 Å². The minimum absolute atomic E-state index is 0.00942. The molecule has 16 fully saturated rings. The zero-order valence-electron chi connectivity index (χ0n) is 45.6. The van der Waals surface area contributed by atoms with E-state index in [0.717, 1.165) is 43.3 Å². The smallest absolute Gasteiger partial charge is 0.308 e. The second-order valence-corrected chi connectivity index (χ2v) is 27.1. The summed E-state index contributed by atoms with van der Waals surface area (Å²) in [7, 11) is 0. The molecule has 78 heavy (non-hydrogen) atoms. The fraction of sp³-hybridized carbons (Fsp3) is 0.898. The van der Waals surface area contributed by atoms with Crippen LogP contribution in [0.2, 0.25) is 0 Å². The zero-order valence-corrected chi connectivity index (χ0v) is 45.6. The number of aliphatic carboxylic acids is 1. The van der Waals surface area contributed by atoms with Gasteiger partial charge in [0.2, 0.25) is 0 Å². The quantitative estimate of drug-likeness (QED) is 0.252. The van der Waals surface area contributed by atoms with Crippen molar-refractivity contribution < 1.29 is 90.9 Å². The number of hydrogen-bond donors (Lipinski definition) is 2. The lowest BCUT2D eigenvalue weighted by Crippen LogP contribution is -2.62. The van der Waals surface area contributed by atoms with Crippen molar-refractivity contribution in [3.63, 3.8) is 0 Å². The van der Waals surface area contributed by atoms with Crippen LogP contribution in [0.5, 0.6) is 0 Å². The Labute approximate surface area is 456 Å². The summed E-state index contributed by atoms with van der Waals surface area (Å²) in [6, 6.07) is 0. The molecule has 2 N–H and O–H groups in total. The molecule has 0 aromatic rings. The molecule has 16 aliphatic heterocycles. The highest BCUT2D eigenvalue weighted by atomic mass is 16.8.